The largest absolute Gasteiger partial charge is 0.471 e. The van der Waals surface area contributed by atoms with Gasteiger partial charge >= 0.3 is 12.1 Å². The Morgan fingerprint density at radius 3 is 2.36 bits per heavy atom. The van der Waals surface area contributed by atoms with E-state index < -0.39 is 17.7 Å². The van der Waals surface area contributed by atoms with Gasteiger partial charge in [-0.2, -0.15) is 18.3 Å². The van der Waals surface area contributed by atoms with E-state index in [1.54, 1.807) is 24.7 Å². The van der Waals surface area contributed by atoms with Gasteiger partial charge in [0.05, 0.1) is 11.3 Å². The molecule has 1 amide bonds. The van der Waals surface area contributed by atoms with E-state index in [0.717, 1.165) is 21.8 Å². The molecule has 152 valence electrons. The number of hydrogen-bond acceptors (Lipinski definition) is 3. The molecule has 2 heterocycles. The monoisotopic (exact) mass is 395 g/mol. The summed E-state index contributed by atoms with van der Waals surface area (Å²) in [6.45, 7) is 5.40. The Hall–Kier alpha value is -2.35. The van der Waals surface area contributed by atoms with Gasteiger partial charge in [-0.15, -0.1) is 0 Å². The molecule has 1 aliphatic rings. The second kappa shape index (κ2) is 7.24. The Bertz CT molecular complexity index is 838. The molecule has 3 rings (SSSR count). The van der Waals surface area contributed by atoms with Gasteiger partial charge < -0.3 is 10.0 Å². The number of carbonyl (C=O) groups excluding carboxylic acids is 1. The Morgan fingerprint density at radius 1 is 1.18 bits per heavy atom. The summed E-state index contributed by atoms with van der Waals surface area (Å²) in [5, 5.41) is 14.5. The number of amides is 1. The molecule has 1 aromatic heterocycles. The fourth-order valence-electron chi connectivity index (χ4n) is 3.77. The van der Waals surface area contributed by atoms with Crippen molar-refractivity contribution in [2.75, 3.05) is 13.1 Å². The minimum Gasteiger partial charge on any atom is -0.386 e. The zero-order valence-electron chi connectivity index (χ0n) is 16.1. The summed E-state index contributed by atoms with van der Waals surface area (Å²) in [4.78, 5) is 12.4. The molecule has 0 aliphatic carbocycles. The molecule has 1 fully saturated rings. The van der Waals surface area contributed by atoms with Crippen LogP contribution in [0.25, 0.3) is 5.69 Å². The smallest absolute Gasteiger partial charge is 0.386 e. The van der Waals surface area contributed by atoms with Crippen molar-refractivity contribution in [1.29, 1.82) is 0 Å². The number of nitrogens with zero attached hydrogens (tertiary/aromatic N) is 3. The van der Waals surface area contributed by atoms with Crippen LogP contribution in [0.3, 0.4) is 0 Å². The number of hydrogen-bond donors (Lipinski definition) is 1. The number of rotatable bonds is 3. The highest BCUT2D eigenvalue weighted by Crippen LogP contribution is 2.35. The highest BCUT2D eigenvalue weighted by molar-refractivity contribution is 5.82. The van der Waals surface area contributed by atoms with Crippen LogP contribution in [0.4, 0.5) is 13.2 Å². The number of aliphatic hydroxyl groups is 1. The third kappa shape index (κ3) is 4.06. The lowest BCUT2D eigenvalue weighted by Gasteiger charge is -2.37. The molecule has 2 aromatic rings. The molecule has 1 N–H and O–H groups in total. The molecular weight excluding hydrogens is 371 g/mol. The van der Waals surface area contributed by atoms with Crippen molar-refractivity contribution in [3.8, 4) is 5.69 Å². The van der Waals surface area contributed by atoms with Crippen molar-refractivity contribution in [1.82, 2.24) is 14.7 Å². The molecule has 0 bridgehead atoms. The highest BCUT2D eigenvalue weighted by Gasteiger charge is 2.44. The topological polar surface area (TPSA) is 58.4 Å². The summed E-state index contributed by atoms with van der Waals surface area (Å²) in [7, 11) is 0. The number of halogens is 3. The van der Waals surface area contributed by atoms with Gasteiger partial charge in [-0.25, -0.2) is 4.68 Å². The zero-order chi connectivity index (χ0) is 20.7. The van der Waals surface area contributed by atoms with Crippen molar-refractivity contribution in [2.45, 2.75) is 44.9 Å². The van der Waals surface area contributed by atoms with Crippen LogP contribution in [0.15, 0.2) is 36.5 Å². The van der Waals surface area contributed by atoms with E-state index in [1.807, 2.05) is 37.3 Å². The first kappa shape index (κ1) is 20.4. The van der Waals surface area contributed by atoms with Crippen LogP contribution in [-0.4, -0.2) is 45.0 Å². The Balaban J connectivity index is 1.80. The number of likely N-dealkylation sites (tertiary alicyclic amines) is 1. The number of aromatic nitrogens is 2. The van der Waals surface area contributed by atoms with E-state index in [0.29, 0.717) is 6.42 Å². The minimum atomic E-state index is -4.84. The minimum absolute atomic E-state index is 0.00579. The first-order valence-electron chi connectivity index (χ1n) is 9.22. The first-order chi connectivity index (χ1) is 13.0. The van der Waals surface area contributed by atoms with E-state index in [2.05, 4.69) is 5.10 Å². The molecule has 28 heavy (non-hydrogen) atoms. The molecule has 0 spiro atoms. The maximum Gasteiger partial charge on any atom is 0.471 e. The molecule has 5 nitrogen and oxygen atoms in total. The van der Waals surface area contributed by atoms with E-state index in [4.69, 9.17) is 0 Å². The lowest BCUT2D eigenvalue weighted by atomic mass is 9.84. The third-order valence-electron chi connectivity index (χ3n) is 5.31. The first-order valence-corrected chi connectivity index (χ1v) is 9.22. The number of alkyl halides is 3. The fraction of sp³-hybridized carbons (Fsp3) is 0.500. The molecule has 2 atom stereocenters. The molecule has 1 aromatic carbocycles. The van der Waals surface area contributed by atoms with E-state index in [9.17, 15) is 23.1 Å². The summed E-state index contributed by atoms with van der Waals surface area (Å²) in [5.41, 5.74) is 1.55. The second-order valence-corrected chi connectivity index (χ2v) is 7.90. The maximum atomic E-state index is 12.7. The lowest BCUT2D eigenvalue weighted by molar-refractivity contribution is -0.187. The van der Waals surface area contributed by atoms with E-state index >= 15 is 0 Å². The molecule has 1 saturated heterocycles. The van der Waals surface area contributed by atoms with Crippen molar-refractivity contribution < 1.29 is 23.1 Å². The van der Waals surface area contributed by atoms with Gasteiger partial charge in [0.2, 0.25) is 0 Å². The summed E-state index contributed by atoms with van der Waals surface area (Å²) >= 11 is 0. The van der Waals surface area contributed by atoms with Gasteiger partial charge in [0.15, 0.2) is 0 Å². The zero-order valence-corrected chi connectivity index (χ0v) is 16.1. The van der Waals surface area contributed by atoms with E-state index in [-0.39, 0.29) is 24.9 Å². The standard InChI is InChI=1S/C20H24F3N3O2/c1-13-12-25(18(27)20(21,22)23)11-9-16(13)17-8-10-24-26(17)15-6-4-14(5-7-15)19(2,3)28/h4-8,10,13,16,28H,9,11-12H2,1-3H3/t13-,16+/m1/s1. The lowest BCUT2D eigenvalue weighted by Crippen LogP contribution is -2.47. The summed E-state index contributed by atoms with van der Waals surface area (Å²) < 4.78 is 39.9. The SMILES string of the molecule is C[C@@H]1CN(C(=O)C(F)(F)F)CC[C@@H]1c1ccnn1-c1ccc(C(C)(C)O)cc1. The maximum absolute atomic E-state index is 12.7. The van der Waals surface area contributed by atoms with Gasteiger partial charge in [0, 0.05) is 30.9 Å². The Labute approximate surface area is 161 Å². The number of benzene rings is 1. The normalized spacial score (nSPS) is 21.0. The van der Waals surface area contributed by atoms with Crippen LogP contribution >= 0.6 is 0 Å². The quantitative estimate of drug-likeness (QED) is 0.864. The van der Waals surface area contributed by atoms with Crippen molar-refractivity contribution in [3.63, 3.8) is 0 Å². The summed E-state index contributed by atoms with van der Waals surface area (Å²) in [6, 6.07) is 9.24. The molecule has 0 saturated carbocycles. The molecule has 8 heteroatoms. The van der Waals surface area contributed by atoms with Crippen LogP contribution in [0.2, 0.25) is 0 Å². The highest BCUT2D eigenvalue weighted by atomic mass is 19.4. The van der Waals surface area contributed by atoms with Crippen molar-refractivity contribution in [2.24, 2.45) is 5.92 Å². The van der Waals surface area contributed by atoms with Crippen LogP contribution in [0.5, 0.6) is 0 Å². The van der Waals surface area contributed by atoms with Gasteiger partial charge in [0.25, 0.3) is 0 Å². The van der Waals surface area contributed by atoms with Crippen LogP contribution in [-0.2, 0) is 10.4 Å². The molecule has 0 radical (unpaired) electrons. The van der Waals surface area contributed by atoms with Gasteiger partial charge in [-0.1, -0.05) is 19.1 Å². The average Bonchev–Trinajstić information content (AvgIpc) is 3.09. The predicted molar refractivity (Wildman–Crippen MR) is 98.0 cm³/mol. The van der Waals surface area contributed by atoms with E-state index in [1.165, 1.54) is 0 Å². The molecule has 1 aliphatic heterocycles. The fourth-order valence-corrected chi connectivity index (χ4v) is 3.77. The van der Waals surface area contributed by atoms with Crippen LogP contribution in [0, 0.1) is 5.92 Å². The number of carbonyl (C=O) groups is 1. The molecule has 0 unspecified atom stereocenters. The van der Waals surface area contributed by atoms with Gasteiger partial charge in [-0.05, 0) is 49.9 Å². The summed E-state index contributed by atoms with van der Waals surface area (Å²) in [5.74, 6) is -1.91. The Kier molecular flexibility index (Phi) is 5.27. The Morgan fingerprint density at radius 2 is 1.82 bits per heavy atom. The van der Waals surface area contributed by atoms with Crippen LogP contribution < -0.4 is 0 Å². The van der Waals surface area contributed by atoms with Gasteiger partial charge in [-0.3, -0.25) is 4.79 Å². The predicted octanol–water partition coefficient (Wildman–Crippen LogP) is 3.61. The molecular formula is C20H24F3N3O2. The number of piperidine rings is 1. The van der Waals surface area contributed by atoms with Gasteiger partial charge in [0.1, 0.15) is 0 Å². The van der Waals surface area contributed by atoms with Crippen LogP contribution in [0.1, 0.15) is 44.4 Å². The summed E-state index contributed by atoms with van der Waals surface area (Å²) in [6.07, 6.45) is -2.73. The third-order valence-corrected chi connectivity index (χ3v) is 5.31. The van der Waals surface area contributed by atoms with Crippen molar-refractivity contribution >= 4 is 5.91 Å². The average molecular weight is 395 g/mol. The van der Waals surface area contributed by atoms with Crippen molar-refractivity contribution in [3.05, 3.63) is 47.8 Å². The second-order valence-electron chi connectivity index (χ2n) is 7.90.